The van der Waals surface area contributed by atoms with Gasteiger partial charge in [-0.3, -0.25) is 19.8 Å². The van der Waals surface area contributed by atoms with E-state index in [0.29, 0.717) is 17.1 Å². The fourth-order valence-corrected chi connectivity index (χ4v) is 3.64. The van der Waals surface area contributed by atoms with Gasteiger partial charge in [-0.2, -0.15) is 0 Å². The number of imide groups is 2. The number of hydrogen-bond donors (Lipinski definition) is 3. The molecule has 1 aromatic rings. The Kier molecular flexibility index (Phi) is 5.25. The first kappa shape index (κ1) is 18.0. The molecular weight excluding hydrogens is 332 g/mol. The number of carbonyl (C=O) groups excluding carboxylic acids is 3. The maximum absolute atomic E-state index is 13.0. The fraction of sp³-hybridized carbons (Fsp3) is 0.421. The van der Waals surface area contributed by atoms with Crippen molar-refractivity contribution in [2.45, 2.75) is 45.1 Å². The summed E-state index contributed by atoms with van der Waals surface area (Å²) in [4.78, 5) is 39.0. The first-order valence-corrected chi connectivity index (χ1v) is 8.98. The van der Waals surface area contributed by atoms with Crippen LogP contribution in [0.1, 0.15) is 39.0 Å². The Labute approximate surface area is 152 Å². The van der Waals surface area contributed by atoms with Crippen LogP contribution >= 0.6 is 0 Å². The molecule has 3 rings (SSSR count). The van der Waals surface area contributed by atoms with Crippen LogP contribution in [0.4, 0.5) is 16.2 Å². The number of anilines is 2. The van der Waals surface area contributed by atoms with E-state index in [1.807, 2.05) is 0 Å². The molecule has 26 heavy (non-hydrogen) atoms. The molecule has 0 unspecified atom stereocenters. The van der Waals surface area contributed by atoms with Gasteiger partial charge in [0.15, 0.2) is 5.92 Å². The molecule has 2 fully saturated rings. The van der Waals surface area contributed by atoms with Gasteiger partial charge >= 0.3 is 6.03 Å². The summed E-state index contributed by atoms with van der Waals surface area (Å²) in [6, 6.07) is 6.31. The Bertz CT molecular complexity index is 753. The van der Waals surface area contributed by atoms with Crippen molar-refractivity contribution in [3.8, 4) is 0 Å². The first-order chi connectivity index (χ1) is 12.5. The zero-order valence-corrected chi connectivity index (χ0v) is 14.8. The molecule has 1 aliphatic heterocycles. The number of nitrogens with two attached hydrogens (primary N) is 1. The Morgan fingerprint density at radius 3 is 2.62 bits per heavy atom. The minimum Gasteiger partial charge on any atom is -0.399 e. The smallest absolute Gasteiger partial charge is 0.331 e. The monoisotopic (exact) mass is 356 g/mol. The van der Waals surface area contributed by atoms with Crippen LogP contribution in [0.15, 0.2) is 36.0 Å². The van der Waals surface area contributed by atoms with Gasteiger partial charge in [0.1, 0.15) is 0 Å². The van der Waals surface area contributed by atoms with Crippen molar-refractivity contribution < 1.29 is 14.4 Å². The molecule has 1 saturated heterocycles. The summed E-state index contributed by atoms with van der Waals surface area (Å²) in [5, 5.41) is 5.44. The molecule has 4 N–H and O–H groups in total. The van der Waals surface area contributed by atoms with Gasteiger partial charge in [0.25, 0.3) is 0 Å². The van der Waals surface area contributed by atoms with Crippen LogP contribution in [0.25, 0.3) is 0 Å². The van der Waals surface area contributed by atoms with Crippen molar-refractivity contribution in [1.82, 2.24) is 10.2 Å². The van der Waals surface area contributed by atoms with Crippen LogP contribution in [0.2, 0.25) is 0 Å². The number of carbonyl (C=O) groups is 3. The third-order valence-corrected chi connectivity index (χ3v) is 4.93. The summed E-state index contributed by atoms with van der Waals surface area (Å²) in [7, 11) is 0. The molecule has 138 valence electrons. The third-order valence-electron chi connectivity index (χ3n) is 4.93. The Morgan fingerprint density at radius 1 is 1.23 bits per heavy atom. The van der Waals surface area contributed by atoms with E-state index in [2.05, 4.69) is 10.6 Å². The molecule has 1 saturated carbocycles. The molecule has 2 aliphatic rings. The number of rotatable bonds is 4. The fourth-order valence-electron chi connectivity index (χ4n) is 3.64. The zero-order valence-electron chi connectivity index (χ0n) is 14.8. The average Bonchev–Trinajstić information content (AvgIpc) is 2.61. The highest BCUT2D eigenvalue weighted by Gasteiger charge is 2.45. The van der Waals surface area contributed by atoms with E-state index in [1.165, 1.54) is 4.90 Å². The third kappa shape index (κ3) is 3.56. The van der Waals surface area contributed by atoms with Crippen molar-refractivity contribution in [3.05, 3.63) is 36.0 Å². The lowest BCUT2D eigenvalue weighted by atomic mass is 9.91. The molecule has 7 nitrogen and oxygen atoms in total. The number of nitrogen functional groups attached to an aromatic ring is 1. The number of barbiturate groups is 1. The zero-order chi connectivity index (χ0) is 18.7. The lowest BCUT2D eigenvalue weighted by molar-refractivity contribution is -0.142. The summed E-state index contributed by atoms with van der Waals surface area (Å²) in [6.45, 7) is 1.75. The minimum absolute atomic E-state index is 0.141. The van der Waals surface area contributed by atoms with E-state index in [9.17, 15) is 14.4 Å². The number of allylic oxidation sites excluding steroid dienone is 1. The lowest BCUT2D eigenvalue weighted by Crippen LogP contribution is -2.61. The highest BCUT2D eigenvalue weighted by molar-refractivity contribution is 6.18. The first-order valence-electron chi connectivity index (χ1n) is 8.98. The molecule has 1 heterocycles. The van der Waals surface area contributed by atoms with Crippen molar-refractivity contribution >= 4 is 29.2 Å². The topological polar surface area (TPSA) is 105 Å². The standard InChI is InChI=1S/C19H24N4O3/c1-2-15(21-13-8-6-7-12(20)11-13)16-17(24)22-19(26)23(18(16)25)14-9-4-3-5-10-14/h2,6-8,11,14,16,21H,3-5,9-10,20H2,1H3,(H,22,24,26)/b15-2-/t16-/m0/s1. The summed E-state index contributed by atoms with van der Waals surface area (Å²) in [5.74, 6) is -2.13. The minimum atomic E-state index is -1.07. The quantitative estimate of drug-likeness (QED) is 0.568. The Hall–Kier alpha value is -2.83. The lowest BCUT2D eigenvalue weighted by Gasteiger charge is -2.38. The van der Waals surface area contributed by atoms with Gasteiger partial charge in [0.05, 0.1) is 0 Å². The number of benzene rings is 1. The molecule has 0 bridgehead atoms. The predicted octanol–water partition coefficient (Wildman–Crippen LogP) is 2.61. The van der Waals surface area contributed by atoms with E-state index < -0.39 is 23.8 Å². The van der Waals surface area contributed by atoms with Gasteiger partial charge in [0.2, 0.25) is 11.8 Å². The summed E-state index contributed by atoms with van der Waals surface area (Å²) >= 11 is 0. The second-order valence-electron chi connectivity index (χ2n) is 6.72. The van der Waals surface area contributed by atoms with Crippen LogP contribution in [0.5, 0.6) is 0 Å². The van der Waals surface area contributed by atoms with Crippen LogP contribution in [0.3, 0.4) is 0 Å². The number of nitrogens with one attached hydrogen (secondary N) is 2. The largest absolute Gasteiger partial charge is 0.399 e. The SMILES string of the molecule is C/C=C(\Nc1cccc(N)c1)[C@H]1C(=O)NC(=O)N(C2CCCCC2)C1=O. The maximum atomic E-state index is 13.0. The van der Waals surface area contributed by atoms with Gasteiger partial charge in [-0.15, -0.1) is 0 Å². The van der Waals surface area contributed by atoms with E-state index in [0.717, 1.165) is 32.1 Å². The predicted molar refractivity (Wildman–Crippen MR) is 99.0 cm³/mol. The van der Waals surface area contributed by atoms with E-state index in [1.54, 1.807) is 37.3 Å². The molecule has 1 aliphatic carbocycles. The van der Waals surface area contributed by atoms with Crippen LogP contribution in [-0.2, 0) is 9.59 Å². The van der Waals surface area contributed by atoms with Gasteiger partial charge in [-0.25, -0.2) is 4.79 Å². The Morgan fingerprint density at radius 2 is 1.96 bits per heavy atom. The molecule has 7 heteroatoms. The van der Waals surface area contributed by atoms with Gasteiger partial charge in [0, 0.05) is 23.1 Å². The van der Waals surface area contributed by atoms with Crippen molar-refractivity contribution in [2.24, 2.45) is 5.92 Å². The summed E-state index contributed by atoms with van der Waals surface area (Å²) in [5.41, 5.74) is 7.48. The highest BCUT2D eigenvalue weighted by atomic mass is 16.2. The molecule has 1 aromatic carbocycles. The Balaban J connectivity index is 1.84. The van der Waals surface area contributed by atoms with Gasteiger partial charge in [-0.05, 0) is 38.0 Å². The second kappa shape index (κ2) is 7.59. The van der Waals surface area contributed by atoms with Crippen molar-refractivity contribution in [3.63, 3.8) is 0 Å². The molecular formula is C19H24N4O3. The molecule has 4 amide bonds. The van der Waals surface area contributed by atoms with Crippen LogP contribution < -0.4 is 16.4 Å². The van der Waals surface area contributed by atoms with Crippen molar-refractivity contribution in [1.29, 1.82) is 0 Å². The number of nitrogens with zero attached hydrogens (tertiary/aromatic N) is 1. The molecule has 0 spiro atoms. The molecule has 0 aromatic heterocycles. The summed E-state index contributed by atoms with van der Waals surface area (Å²) in [6.07, 6.45) is 6.33. The molecule has 0 radical (unpaired) electrons. The van der Waals surface area contributed by atoms with E-state index in [4.69, 9.17) is 5.73 Å². The second-order valence-corrected chi connectivity index (χ2v) is 6.72. The number of urea groups is 1. The summed E-state index contributed by atoms with van der Waals surface area (Å²) < 4.78 is 0. The normalized spacial score (nSPS) is 22.3. The van der Waals surface area contributed by atoms with Gasteiger partial charge < -0.3 is 11.1 Å². The maximum Gasteiger partial charge on any atom is 0.331 e. The average molecular weight is 356 g/mol. The highest BCUT2D eigenvalue weighted by Crippen LogP contribution is 2.28. The molecule has 1 atom stereocenters. The number of amides is 4. The van der Waals surface area contributed by atoms with E-state index >= 15 is 0 Å². The van der Waals surface area contributed by atoms with Crippen LogP contribution in [-0.4, -0.2) is 28.8 Å². The van der Waals surface area contributed by atoms with Gasteiger partial charge in [-0.1, -0.05) is 31.4 Å². The van der Waals surface area contributed by atoms with Crippen molar-refractivity contribution in [2.75, 3.05) is 11.1 Å². The number of hydrogen-bond acceptors (Lipinski definition) is 5. The van der Waals surface area contributed by atoms with Crippen LogP contribution in [0, 0.1) is 5.92 Å². The van der Waals surface area contributed by atoms with E-state index in [-0.39, 0.29) is 6.04 Å².